The summed E-state index contributed by atoms with van der Waals surface area (Å²) in [6, 6.07) is 0. The van der Waals surface area contributed by atoms with Gasteiger partial charge in [-0.05, 0) is 143 Å². The van der Waals surface area contributed by atoms with Gasteiger partial charge >= 0.3 is 0 Å². The maximum Gasteiger partial charge on any atom is 0.0934 e. The van der Waals surface area contributed by atoms with Crippen LogP contribution in [0.2, 0.25) is 0 Å². The molecule has 4 nitrogen and oxygen atoms in total. The van der Waals surface area contributed by atoms with Gasteiger partial charge in [0, 0.05) is 26.4 Å². The van der Waals surface area contributed by atoms with Crippen LogP contribution in [0.1, 0.15) is 208 Å². The van der Waals surface area contributed by atoms with E-state index in [9.17, 15) is 0 Å². The van der Waals surface area contributed by atoms with Crippen molar-refractivity contribution in [2.24, 2.45) is 46.3 Å². The lowest BCUT2D eigenvalue weighted by Gasteiger charge is -2.58. The zero-order valence-electron chi connectivity index (χ0n) is 37.7. The van der Waals surface area contributed by atoms with Crippen LogP contribution in [-0.2, 0) is 14.2 Å². The zero-order chi connectivity index (χ0) is 38.9. The van der Waals surface area contributed by atoms with Crippen LogP contribution in [-0.4, -0.2) is 63.2 Å². The van der Waals surface area contributed by atoms with Crippen LogP contribution in [0.3, 0.4) is 0 Å². The molecule has 0 unspecified atom stereocenters. The topological polar surface area (TPSA) is 30.9 Å². The lowest BCUT2D eigenvalue weighted by Crippen LogP contribution is -2.51. The van der Waals surface area contributed by atoms with Gasteiger partial charge in [-0.25, -0.2) is 0 Å². The molecule has 9 atom stereocenters. The third-order valence-corrected chi connectivity index (χ3v) is 16.4. The normalized spacial score (nSPS) is 32.0. The second-order valence-corrected chi connectivity index (χ2v) is 20.8. The molecule has 0 aromatic rings. The first kappa shape index (κ1) is 45.7. The van der Waals surface area contributed by atoms with E-state index >= 15 is 0 Å². The molecule has 0 aromatic heterocycles. The molecule has 1 saturated heterocycles. The molecule has 0 spiro atoms. The molecule has 0 aromatic carbocycles. The van der Waals surface area contributed by atoms with Crippen LogP contribution in [0.4, 0.5) is 0 Å². The van der Waals surface area contributed by atoms with Gasteiger partial charge in [0.25, 0.3) is 0 Å². The maximum absolute atomic E-state index is 6.61. The number of hydrogen-bond donors (Lipinski definition) is 0. The lowest BCUT2D eigenvalue weighted by atomic mass is 9.47. The summed E-state index contributed by atoms with van der Waals surface area (Å²) in [5, 5.41) is 0. The standard InChI is InChI=1S/C51H93NO3/c1-7-8-9-10-14-19-35-53-40-45(39-52-33-17-18-34-52)55-37-21-16-13-11-12-15-20-36-54-44-29-31-50(5)43(38-44)25-26-46-48-28-27-47(42(4)24-22-23-41(2)3)51(48,6)32-30-49(46)50/h25,41-42,44-49H,7-24,26-40H2,1-6H3/t42-,44+,45+,46+,47-,48+,49+,50+,51-/m1/s1. The minimum Gasteiger partial charge on any atom is -0.379 e. The minimum absolute atomic E-state index is 0.240. The molecule has 4 heteroatoms. The Morgan fingerprint density at radius 3 is 2.15 bits per heavy atom. The van der Waals surface area contributed by atoms with Gasteiger partial charge in [-0.1, -0.05) is 137 Å². The van der Waals surface area contributed by atoms with Gasteiger partial charge in [0.15, 0.2) is 0 Å². The Kier molecular flexibility index (Phi) is 19.9. The van der Waals surface area contributed by atoms with Crippen molar-refractivity contribution in [3.05, 3.63) is 11.6 Å². The molecule has 3 saturated carbocycles. The van der Waals surface area contributed by atoms with Crippen LogP contribution < -0.4 is 0 Å². The van der Waals surface area contributed by atoms with Crippen molar-refractivity contribution in [3.8, 4) is 0 Å². The highest BCUT2D eigenvalue weighted by atomic mass is 16.5. The number of allylic oxidation sites excluding steroid dienone is 1. The Morgan fingerprint density at radius 2 is 1.42 bits per heavy atom. The summed E-state index contributed by atoms with van der Waals surface area (Å²) in [6.07, 6.45) is 38.6. The number of ether oxygens (including phenoxy) is 3. The average Bonchev–Trinajstić information content (AvgIpc) is 3.82. The van der Waals surface area contributed by atoms with E-state index < -0.39 is 0 Å². The molecule has 5 rings (SSSR count). The van der Waals surface area contributed by atoms with Crippen LogP contribution in [0, 0.1) is 46.3 Å². The molecule has 5 aliphatic rings. The predicted octanol–water partition coefficient (Wildman–Crippen LogP) is 14.0. The molecule has 0 N–H and O–H groups in total. The van der Waals surface area contributed by atoms with E-state index in [1.54, 1.807) is 5.57 Å². The summed E-state index contributed by atoms with van der Waals surface area (Å²) in [5.41, 5.74) is 2.82. The first-order valence-corrected chi connectivity index (χ1v) is 25.0. The highest BCUT2D eigenvalue weighted by molar-refractivity contribution is 5.25. The van der Waals surface area contributed by atoms with Crippen molar-refractivity contribution in [1.29, 1.82) is 0 Å². The predicted molar refractivity (Wildman–Crippen MR) is 235 cm³/mol. The SMILES string of the molecule is CCCCCCCCOC[C@H](CN1CCCC1)OCCCCCCCCCO[C@H]1CC[C@@]2(C)C(=CC[C@H]3[C@@H]4CC[C@H]([C@H](C)CCCC(C)C)[C@@]4(C)CC[C@@H]32)C1. The van der Waals surface area contributed by atoms with Crippen molar-refractivity contribution in [2.75, 3.05) is 46.1 Å². The summed E-state index contributed by atoms with van der Waals surface area (Å²) in [7, 11) is 0. The van der Waals surface area contributed by atoms with Gasteiger partial charge in [0.05, 0.1) is 18.8 Å². The van der Waals surface area contributed by atoms with E-state index in [0.717, 1.165) is 68.5 Å². The summed E-state index contributed by atoms with van der Waals surface area (Å²) < 4.78 is 19.1. The average molecular weight is 768 g/mol. The van der Waals surface area contributed by atoms with Gasteiger partial charge in [-0.15, -0.1) is 0 Å². The first-order valence-electron chi connectivity index (χ1n) is 25.0. The quantitative estimate of drug-likeness (QED) is 0.0586. The van der Waals surface area contributed by atoms with Gasteiger partial charge in [-0.2, -0.15) is 0 Å². The molecule has 1 aliphatic heterocycles. The smallest absolute Gasteiger partial charge is 0.0934 e. The van der Waals surface area contributed by atoms with Gasteiger partial charge in [0.1, 0.15) is 0 Å². The number of unbranched alkanes of at least 4 members (excludes halogenated alkanes) is 11. The second kappa shape index (κ2) is 24.0. The lowest BCUT2D eigenvalue weighted by molar-refractivity contribution is -0.0641. The van der Waals surface area contributed by atoms with Crippen LogP contribution >= 0.6 is 0 Å². The Hall–Kier alpha value is -0.420. The summed E-state index contributed by atoms with van der Waals surface area (Å²) >= 11 is 0. The molecule has 4 aliphatic carbocycles. The Bertz CT molecular complexity index is 1070. The summed E-state index contributed by atoms with van der Waals surface area (Å²) in [5.74, 6) is 5.52. The van der Waals surface area contributed by atoms with Crippen molar-refractivity contribution >= 4 is 0 Å². The van der Waals surface area contributed by atoms with Gasteiger partial charge < -0.3 is 19.1 Å². The monoisotopic (exact) mass is 768 g/mol. The molecule has 0 bridgehead atoms. The molecule has 55 heavy (non-hydrogen) atoms. The molecule has 4 fully saturated rings. The van der Waals surface area contributed by atoms with Crippen molar-refractivity contribution < 1.29 is 14.2 Å². The van der Waals surface area contributed by atoms with E-state index in [1.807, 2.05) is 0 Å². The van der Waals surface area contributed by atoms with Gasteiger partial charge in [0.2, 0.25) is 0 Å². The molecule has 0 radical (unpaired) electrons. The van der Waals surface area contributed by atoms with Crippen LogP contribution in [0.15, 0.2) is 11.6 Å². The zero-order valence-corrected chi connectivity index (χ0v) is 37.7. The molecule has 320 valence electrons. The molecule has 1 heterocycles. The largest absolute Gasteiger partial charge is 0.379 e. The van der Waals surface area contributed by atoms with E-state index in [-0.39, 0.29) is 6.10 Å². The van der Waals surface area contributed by atoms with E-state index in [0.29, 0.717) is 16.9 Å². The Balaban J connectivity index is 0.909. The number of fused-ring (bicyclic) bond motifs is 5. The fourth-order valence-corrected chi connectivity index (χ4v) is 13.0. The first-order chi connectivity index (χ1) is 26.7. The third-order valence-electron chi connectivity index (χ3n) is 16.4. The molecular weight excluding hydrogens is 675 g/mol. The maximum atomic E-state index is 6.61. The second-order valence-electron chi connectivity index (χ2n) is 20.8. The number of nitrogens with zero attached hydrogens (tertiary/aromatic N) is 1. The van der Waals surface area contributed by atoms with Crippen molar-refractivity contribution in [1.82, 2.24) is 4.90 Å². The van der Waals surface area contributed by atoms with Crippen molar-refractivity contribution in [2.45, 2.75) is 221 Å². The van der Waals surface area contributed by atoms with Crippen molar-refractivity contribution in [3.63, 3.8) is 0 Å². The highest BCUT2D eigenvalue weighted by Crippen LogP contribution is 2.67. The fraction of sp³-hybridized carbons (Fsp3) is 0.961. The summed E-state index contributed by atoms with van der Waals surface area (Å²) in [4.78, 5) is 2.58. The van der Waals surface area contributed by atoms with E-state index in [1.165, 1.54) is 180 Å². The van der Waals surface area contributed by atoms with Crippen LogP contribution in [0.25, 0.3) is 0 Å². The number of rotatable bonds is 28. The molecular formula is C51H93NO3. The van der Waals surface area contributed by atoms with Gasteiger partial charge in [-0.3, -0.25) is 0 Å². The van der Waals surface area contributed by atoms with E-state index in [4.69, 9.17) is 14.2 Å². The fourth-order valence-electron chi connectivity index (χ4n) is 13.0. The highest BCUT2D eigenvalue weighted by Gasteiger charge is 2.59. The van der Waals surface area contributed by atoms with E-state index in [2.05, 4.69) is 52.5 Å². The Labute approximate surface area is 342 Å². The number of hydrogen-bond acceptors (Lipinski definition) is 4. The Morgan fingerprint density at radius 1 is 0.727 bits per heavy atom. The summed E-state index contributed by atoms with van der Waals surface area (Å²) in [6.45, 7) is 22.2. The number of likely N-dealkylation sites (tertiary alicyclic amines) is 1. The van der Waals surface area contributed by atoms with Crippen LogP contribution in [0.5, 0.6) is 0 Å². The molecule has 0 amide bonds. The third kappa shape index (κ3) is 13.5. The minimum atomic E-state index is 0.240.